The molecule has 0 aliphatic heterocycles. The summed E-state index contributed by atoms with van der Waals surface area (Å²) in [5.41, 5.74) is 0. The maximum atomic E-state index is 9.83. The van der Waals surface area contributed by atoms with Crippen LogP contribution in [0.3, 0.4) is 0 Å². The van der Waals surface area contributed by atoms with Crippen LogP contribution in [-0.4, -0.2) is 17.0 Å². The van der Waals surface area contributed by atoms with E-state index in [0.29, 0.717) is 5.92 Å². The molecule has 92 valence electrons. The first-order chi connectivity index (χ1) is 8.36. The third-order valence-corrected chi connectivity index (χ3v) is 4.22. The highest BCUT2D eigenvalue weighted by Crippen LogP contribution is 2.25. The number of aliphatic hydroxyl groups excluding tert-OH is 1. The fraction of sp³-hybridized carbons (Fsp3) is 0.467. The normalized spacial score (nSPS) is 25.2. The molecule has 0 unspecified atom stereocenters. The van der Waals surface area contributed by atoms with Crippen LogP contribution >= 0.6 is 11.8 Å². The first-order valence-corrected chi connectivity index (χ1v) is 7.37. The van der Waals surface area contributed by atoms with E-state index in [9.17, 15) is 5.11 Å². The van der Waals surface area contributed by atoms with Crippen molar-refractivity contribution in [2.24, 2.45) is 5.92 Å². The maximum Gasteiger partial charge on any atom is 0.0602 e. The maximum absolute atomic E-state index is 9.83. The summed E-state index contributed by atoms with van der Waals surface area (Å²) in [6.45, 7) is 0. The molecule has 0 heterocycles. The minimum absolute atomic E-state index is 0.110. The quantitative estimate of drug-likeness (QED) is 0.644. The van der Waals surface area contributed by atoms with Crippen LogP contribution in [0.5, 0.6) is 0 Å². The summed E-state index contributed by atoms with van der Waals surface area (Å²) in [6, 6.07) is 10.4. The summed E-state index contributed by atoms with van der Waals surface area (Å²) in [7, 11) is 0. The van der Waals surface area contributed by atoms with E-state index in [1.165, 1.54) is 17.7 Å². The Hall–Kier alpha value is -0.730. The summed E-state index contributed by atoms with van der Waals surface area (Å²) < 4.78 is 0. The molecule has 0 saturated heterocycles. The number of thioether (sulfide) groups is 1. The Morgan fingerprint density at radius 3 is 2.71 bits per heavy atom. The summed E-state index contributed by atoms with van der Waals surface area (Å²) in [4.78, 5) is 1.31. The molecular formula is C15H20OS. The van der Waals surface area contributed by atoms with E-state index in [4.69, 9.17) is 0 Å². The summed E-state index contributed by atoms with van der Waals surface area (Å²) in [6.07, 6.45) is 8.87. The lowest BCUT2D eigenvalue weighted by Crippen LogP contribution is -2.22. The lowest BCUT2D eigenvalue weighted by Gasteiger charge is -2.24. The van der Waals surface area contributed by atoms with E-state index in [0.717, 1.165) is 18.6 Å². The molecule has 2 rings (SSSR count). The third kappa shape index (κ3) is 4.21. The molecule has 2 atom stereocenters. The van der Waals surface area contributed by atoms with E-state index >= 15 is 0 Å². The summed E-state index contributed by atoms with van der Waals surface area (Å²) in [5.74, 6) is 1.38. The van der Waals surface area contributed by atoms with Crippen LogP contribution in [0.15, 0.2) is 47.4 Å². The lowest BCUT2D eigenvalue weighted by atomic mass is 9.86. The van der Waals surface area contributed by atoms with Crippen molar-refractivity contribution in [1.29, 1.82) is 0 Å². The van der Waals surface area contributed by atoms with Gasteiger partial charge in [-0.05, 0) is 25.0 Å². The van der Waals surface area contributed by atoms with Crippen LogP contribution in [0.4, 0.5) is 0 Å². The van der Waals surface area contributed by atoms with E-state index in [1.54, 1.807) is 0 Å². The minimum Gasteiger partial charge on any atom is -0.393 e. The van der Waals surface area contributed by atoms with Gasteiger partial charge in [-0.3, -0.25) is 0 Å². The molecule has 1 N–H and O–H groups in total. The molecule has 17 heavy (non-hydrogen) atoms. The van der Waals surface area contributed by atoms with Gasteiger partial charge in [-0.1, -0.05) is 43.2 Å². The highest BCUT2D eigenvalue weighted by atomic mass is 32.2. The van der Waals surface area contributed by atoms with Crippen LogP contribution < -0.4 is 0 Å². The van der Waals surface area contributed by atoms with Crippen LogP contribution in [0.25, 0.3) is 0 Å². The Morgan fingerprint density at radius 2 is 1.94 bits per heavy atom. The molecule has 0 spiro atoms. The standard InChI is InChI=1S/C15H20OS/c16-15-11-5-4-7-13(15)8-6-12-17-14-9-2-1-3-10-14/h1-3,6,8-10,13,15-16H,4-5,7,11-12H2/b8-6+/t13-,15+/m0/s1. The van der Waals surface area contributed by atoms with Gasteiger partial charge in [0, 0.05) is 16.6 Å². The Bertz CT molecular complexity index is 347. The van der Waals surface area contributed by atoms with Gasteiger partial charge >= 0.3 is 0 Å². The second-order valence-corrected chi connectivity index (χ2v) is 5.66. The SMILES string of the molecule is O[C@@H]1CCCC[C@H]1/C=C/CSc1ccccc1. The molecule has 1 aliphatic carbocycles. The number of hydrogen-bond acceptors (Lipinski definition) is 2. The molecule has 1 aliphatic rings. The second kappa shape index (κ2) is 6.87. The Morgan fingerprint density at radius 1 is 1.18 bits per heavy atom. The van der Waals surface area contributed by atoms with E-state index in [-0.39, 0.29) is 6.10 Å². The molecule has 2 heteroatoms. The molecule has 0 aromatic heterocycles. The molecule has 0 amide bonds. The molecule has 1 saturated carbocycles. The van der Waals surface area contributed by atoms with E-state index < -0.39 is 0 Å². The zero-order chi connectivity index (χ0) is 11.9. The van der Waals surface area contributed by atoms with Gasteiger partial charge in [0.25, 0.3) is 0 Å². The number of benzene rings is 1. The largest absolute Gasteiger partial charge is 0.393 e. The minimum atomic E-state index is -0.110. The number of rotatable bonds is 4. The average molecular weight is 248 g/mol. The van der Waals surface area contributed by atoms with Gasteiger partial charge in [-0.2, -0.15) is 0 Å². The molecule has 1 aromatic rings. The van der Waals surface area contributed by atoms with E-state index in [1.807, 2.05) is 17.8 Å². The molecule has 0 bridgehead atoms. The fourth-order valence-corrected chi connectivity index (χ4v) is 3.01. The van der Waals surface area contributed by atoms with Crippen molar-refractivity contribution < 1.29 is 5.11 Å². The third-order valence-electron chi connectivity index (χ3n) is 3.25. The van der Waals surface area contributed by atoms with Crippen LogP contribution in [0.1, 0.15) is 25.7 Å². The van der Waals surface area contributed by atoms with Crippen LogP contribution in [0.2, 0.25) is 0 Å². The van der Waals surface area contributed by atoms with Crippen molar-refractivity contribution in [2.45, 2.75) is 36.7 Å². The van der Waals surface area contributed by atoms with Gasteiger partial charge in [0.2, 0.25) is 0 Å². The molecule has 1 aromatic carbocycles. The Kier molecular flexibility index (Phi) is 5.14. The van der Waals surface area contributed by atoms with E-state index in [2.05, 4.69) is 36.4 Å². The molecule has 1 fully saturated rings. The monoisotopic (exact) mass is 248 g/mol. The van der Waals surface area contributed by atoms with Gasteiger partial charge in [0.1, 0.15) is 0 Å². The number of hydrogen-bond donors (Lipinski definition) is 1. The topological polar surface area (TPSA) is 20.2 Å². The Labute approximate surface area is 108 Å². The van der Waals surface area contributed by atoms with Crippen molar-refractivity contribution >= 4 is 11.8 Å². The predicted molar refractivity (Wildman–Crippen MR) is 74.3 cm³/mol. The molecular weight excluding hydrogens is 228 g/mol. The van der Waals surface area contributed by atoms with Gasteiger partial charge in [0.15, 0.2) is 0 Å². The van der Waals surface area contributed by atoms with Crippen molar-refractivity contribution in [3.8, 4) is 0 Å². The smallest absolute Gasteiger partial charge is 0.0602 e. The highest BCUT2D eigenvalue weighted by Gasteiger charge is 2.19. The van der Waals surface area contributed by atoms with Gasteiger partial charge < -0.3 is 5.11 Å². The van der Waals surface area contributed by atoms with Crippen LogP contribution in [0, 0.1) is 5.92 Å². The first-order valence-electron chi connectivity index (χ1n) is 6.39. The molecule has 1 nitrogen and oxygen atoms in total. The van der Waals surface area contributed by atoms with Gasteiger partial charge in [0.05, 0.1) is 6.10 Å². The van der Waals surface area contributed by atoms with Crippen molar-refractivity contribution in [3.63, 3.8) is 0 Å². The van der Waals surface area contributed by atoms with Crippen molar-refractivity contribution in [1.82, 2.24) is 0 Å². The zero-order valence-corrected chi connectivity index (χ0v) is 10.9. The summed E-state index contributed by atoms with van der Waals surface area (Å²) >= 11 is 1.84. The first kappa shape index (κ1) is 12.7. The lowest BCUT2D eigenvalue weighted by molar-refractivity contribution is 0.0927. The van der Waals surface area contributed by atoms with Crippen LogP contribution in [-0.2, 0) is 0 Å². The second-order valence-electron chi connectivity index (χ2n) is 4.57. The Balaban J connectivity index is 1.74. The average Bonchev–Trinajstić information content (AvgIpc) is 2.38. The van der Waals surface area contributed by atoms with Gasteiger partial charge in [-0.25, -0.2) is 0 Å². The fourth-order valence-electron chi connectivity index (χ4n) is 2.26. The summed E-state index contributed by atoms with van der Waals surface area (Å²) in [5, 5.41) is 9.83. The highest BCUT2D eigenvalue weighted by molar-refractivity contribution is 7.99. The zero-order valence-electron chi connectivity index (χ0n) is 10.1. The predicted octanol–water partition coefficient (Wildman–Crippen LogP) is 3.89. The van der Waals surface area contributed by atoms with Gasteiger partial charge in [-0.15, -0.1) is 11.8 Å². The number of aliphatic hydroxyl groups is 1. The van der Waals surface area contributed by atoms with Crippen molar-refractivity contribution in [2.75, 3.05) is 5.75 Å². The molecule has 0 radical (unpaired) electrons. The van der Waals surface area contributed by atoms with Crippen molar-refractivity contribution in [3.05, 3.63) is 42.5 Å².